The van der Waals surface area contributed by atoms with Crippen molar-refractivity contribution in [2.45, 2.75) is 38.8 Å². The largest absolute Gasteiger partial charge is 0.493 e. The average molecular weight is 306 g/mol. The van der Waals surface area contributed by atoms with Gasteiger partial charge in [0, 0.05) is 13.1 Å². The summed E-state index contributed by atoms with van der Waals surface area (Å²) in [4.78, 5) is 11.9. The number of ether oxygens (including phenoxy) is 1. The second kappa shape index (κ2) is 8.15. The minimum Gasteiger partial charge on any atom is -0.493 e. The van der Waals surface area contributed by atoms with Gasteiger partial charge in [0.1, 0.15) is 5.75 Å². The van der Waals surface area contributed by atoms with Crippen molar-refractivity contribution in [3.8, 4) is 5.75 Å². The Bertz CT molecular complexity index is 473. The van der Waals surface area contributed by atoms with Crippen molar-refractivity contribution in [1.82, 2.24) is 10.6 Å². The molecule has 2 rings (SSSR count). The van der Waals surface area contributed by atoms with Gasteiger partial charge in [0.25, 0.3) is 0 Å². The van der Waals surface area contributed by atoms with Crippen molar-refractivity contribution in [3.05, 3.63) is 29.8 Å². The molecule has 3 N–H and O–H groups in total. The van der Waals surface area contributed by atoms with E-state index in [4.69, 9.17) is 4.74 Å². The molecule has 22 heavy (non-hydrogen) atoms. The van der Waals surface area contributed by atoms with Gasteiger partial charge in [0.2, 0.25) is 5.91 Å². The van der Waals surface area contributed by atoms with Crippen LogP contribution < -0.4 is 15.4 Å². The summed E-state index contributed by atoms with van der Waals surface area (Å²) in [5, 5.41) is 15.3. The second-order valence-electron chi connectivity index (χ2n) is 6.24. The van der Waals surface area contributed by atoms with Crippen LogP contribution in [0, 0.1) is 5.92 Å². The first-order valence-electron chi connectivity index (χ1n) is 7.95. The zero-order valence-corrected chi connectivity index (χ0v) is 13.3. The van der Waals surface area contributed by atoms with Crippen LogP contribution in [0.2, 0.25) is 0 Å². The number of amides is 1. The molecule has 0 spiro atoms. The number of benzene rings is 1. The Morgan fingerprint density at radius 1 is 1.41 bits per heavy atom. The van der Waals surface area contributed by atoms with Gasteiger partial charge in [-0.3, -0.25) is 4.79 Å². The number of nitrogens with one attached hydrogen (secondary N) is 2. The van der Waals surface area contributed by atoms with E-state index in [9.17, 15) is 9.90 Å². The van der Waals surface area contributed by atoms with E-state index in [1.165, 1.54) is 0 Å². The molecule has 0 aromatic heterocycles. The number of carbonyl (C=O) groups excluding carboxylic acids is 1. The number of carbonyl (C=O) groups is 1. The average Bonchev–Trinajstić information content (AvgIpc) is 2.93. The Morgan fingerprint density at radius 2 is 2.14 bits per heavy atom. The molecule has 0 bridgehead atoms. The first-order chi connectivity index (χ1) is 10.5. The Labute approximate surface area is 132 Å². The summed E-state index contributed by atoms with van der Waals surface area (Å²) in [5.41, 5.74) is 1.16. The maximum atomic E-state index is 11.9. The first-order valence-corrected chi connectivity index (χ1v) is 7.95. The number of hydrogen-bond donors (Lipinski definition) is 3. The molecular weight excluding hydrogens is 280 g/mol. The maximum absolute atomic E-state index is 11.9. The van der Waals surface area contributed by atoms with Gasteiger partial charge in [-0.05, 0) is 36.5 Å². The maximum Gasteiger partial charge on any atom is 0.237 e. The molecule has 122 valence electrons. The van der Waals surface area contributed by atoms with Crippen molar-refractivity contribution >= 4 is 5.91 Å². The molecule has 0 aliphatic carbocycles. The summed E-state index contributed by atoms with van der Waals surface area (Å²) in [6.07, 6.45) is 0.869. The van der Waals surface area contributed by atoms with Crippen LogP contribution in [0.4, 0.5) is 0 Å². The second-order valence-corrected chi connectivity index (χ2v) is 6.24. The summed E-state index contributed by atoms with van der Waals surface area (Å²) in [5.74, 6) is 1.36. The van der Waals surface area contributed by atoms with Crippen LogP contribution in [0.15, 0.2) is 24.3 Å². The van der Waals surface area contributed by atoms with E-state index in [2.05, 4.69) is 24.5 Å². The lowest BCUT2D eigenvalue weighted by Crippen LogP contribution is -2.41. The third-order valence-corrected chi connectivity index (χ3v) is 3.64. The molecular formula is C17H26N2O3. The summed E-state index contributed by atoms with van der Waals surface area (Å²) in [7, 11) is 0. The van der Waals surface area contributed by atoms with Crippen molar-refractivity contribution in [1.29, 1.82) is 0 Å². The third-order valence-electron chi connectivity index (χ3n) is 3.64. The number of β-amino-alcohol motifs (C(OH)–C–C–N with tert-alkyl or cyclic N) is 1. The Balaban J connectivity index is 1.69. The van der Waals surface area contributed by atoms with Crippen molar-refractivity contribution in [2.75, 3.05) is 19.7 Å². The van der Waals surface area contributed by atoms with Gasteiger partial charge in [-0.1, -0.05) is 26.0 Å². The lowest BCUT2D eigenvalue weighted by Gasteiger charge is -2.11. The molecule has 1 heterocycles. The van der Waals surface area contributed by atoms with Gasteiger partial charge >= 0.3 is 0 Å². The lowest BCUT2D eigenvalue weighted by atomic mass is 10.1. The molecule has 1 saturated heterocycles. The Kier molecular flexibility index (Phi) is 6.21. The number of hydrogen-bond acceptors (Lipinski definition) is 4. The van der Waals surface area contributed by atoms with E-state index >= 15 is 0 Å². The molecule has 0 saturated carbocycles. The van der Waals surface area contributed by atoms with E-state index in [1.807, 2.05) is 24.3 Å². The van der Waals surface area contributed by atoms with E-state index in [0.29, 0.717) is 25.4 Å². The fourth-order valence-corrected chi connectivity index (χ4v) is 2.39. The first kappa shape index (κ1) is 16.8. The molecule has 1 aliphatic heterocycles. The zero-order chi connectivity index (χ0) is 15.9. The van der Waals surface area contributed by atoms with E-state index in [1.54, 1.807) is 0 Å². The van der Waals surface area contributed by atoms with Crippen LogP contribution in [0.25, 0.3) is 0 Å². The fourth-order valence-electron chi connectivity index (χ4n) is 2.39. The molecule has 1 fully saturated rings. The highest BCUT2D eigenvalue weighted by atomic mass is 16.5. The zero-order valence-electron chi connectivity index (χ0n) is 13.3. The van der Waals surface area contributed by atoms with Gasteiger partial charge in [-0.25, -0.2) is 0 Å². The molecule has 5 nitrogen and oxygen atoms in total. The van der Waals surface area contributed by atoms with Gasteiger partial charge in [0.05, 0.1) is 18.8 Å². The summed E-state index contributed by atoms with van der Waals surface area (Å²) < 4.78 is 5.64. The molecule has 2 atom stereocenters. The van der Waals surface area contributed by atoms with Gasteiger partial charge < -0.3 is 20.5 Å². The van der Waals surface area contributed by atoms with E-state index < -0.39 is 6.10 Å². The van der Waals surface area contributed by atoms with E-state index in [-0.39, 0.29) is 11.9 Å². The highest BCUT2D eigenvalue weighted by Crippen LogP contribution is 2.13. The van der Waals surface area contributed by atoms with E-state index in [0.717, 1.165) is 24.3 Å². The van der Waals surface area contributed by atoms with Crippen molar-refractivity contribution < 1.29 is 14.6 Å². The summed E-state index contributed by atoms with van der Waals surface area (Å²) in [6.45, 7) is 6.05. The molecule has 1 aromatic rings. The lowest BCUT2D eigenvalue weighted by molar-refractivity contribution is -0.122. The highest BCUT2D eigenvalue weighted by Gasteiger charge is 2.27. The minimum atomic E-state index is -0.408. The molecule has 1 amide bonds. The van der Waals surface area contributed by atoms with Crippen LogP contribution >= 0.6 is 0 Å². The number of aliphatic hydroxyl groups excluding tert-OH is 1. The third kappa shape index (κ3) is 5.31. The molecule has 5 heteroatoms. The van der Waals surface area contributed by atoms with Crippen molar-refractivity contribution in [2.24, 2.45) is 5.92 Å². The van der Waals surface area contributed by atoms with Crippen LogP contribution in [0.1, 0.15) is 25.8 Å². The Hall–Kier alpha value is -1.59. The number of aliphatic hydroxyl groups is 1. The van der Waals surface area contributed by atoms with Crippen LogP contribution in [-0.2, 0) is 11.2 Å². The van der Waals surface area contributed by atoms with Gasteiger partial charge in [-0.15, -0.1) is 0 Å². The predicted octanol–water partition coefficient (Wildman–Crippen LogP) is 1.10. The summed E-state index contributed by atoms with van der Waals surface area (Å²) >= 11 is 0. The predicted molar refractivity (Wildman–Crippen MR) is 85.9 cm³/mol. The smallest absolute Gasteiger partial charge is 0.237 e. The van der Waals surface area contributed by atoms with Crippen LogP contribution in [0.3, 0.4) is 0 Å². The Morgan fingerprint density at radius 3 is 2.73 bits per heavy atom. The molecule has 0 radical (unpaired) electrons. The van der Waals surface area contributed by atoms with Crippen molar-refractivity contribution in [3.63, 3.8) is 0 Å². The minimum absolute atomic E-state index is 0.0339. The topological polar surface area (TPSA) is 70.6 Å². The van der Waals surface area contributed by atoms with Gasteiger partial charge in [-0.2, -0.15) is 0 Å². The van der Waals surface area contributed by atoms with Crippen LogP contribution in [-0.4, -0.2) is 42.9 Å². The highest BCUT2D eigenvalue weighted by molar-refractivity contribution is 5.82. The normalized spacial score (nSPS) is 21.1. The molecule has 2 unspecified atom stereocenters. The standard InChI is InChI=1S/C17H26N2O3/c1-12(2)11-22-15-5-3-13(4-6-15)7-8-18-17(21)16-9-14(20)10-19-16/h3-6,12,14,16,19-20H,7-11H2,1-2H3,(H,18,21). The molecule has 1 aromatic carbocycles. The fraction of sp³-hybridized carbons (Fsp3) is 0.588. The quantitative estimate of drug-likeness (QED) is 0.705. The molecule has 1 aliphatic rings. The monoisotopic (exact) mass is 306 g/mol. The van der Waals surface area contributed by atoms with Gasteiger partial charge in [0.15, 0.2) is 0 Å². The SMILES string of the molecule is CC(C)COc1ccc(CCNC(=O)C2CC(O)CN2)cc1. The number of rotatable bonds is 7. The van der Waals surface area contributed by atoms with Crippen LogP contribution in [0.5, 0.6) is 5.75 Å². The summed E-state index contributed by atoms with van der Waals surface area (Å²) in [6, 6.07) is 7.73.